The van der Waals surface area contributed by atoms with Crippen LogP contribution >= 0.6 is 11.8 Å². The van der Waals surface area contributed by atoms with Gasteiger partial charge < -0.3 is 4.90 Å². The molecule has 0 aliphatic carbocycles. The molecule has 0 aromatic heterocycles. The summed E-state index contributed by atoms with van der Waals surface area (Å²) in [5, 5.41) is 8.88. The van der Waals surface area contributed by atoms with Crippen LogP contribution in [0.2, 0.25) is 0 Å². The summed E-state index contributed by atoms with van der Waals surface area (Å²) in [6.45, 7) is 9.02. The number of amides is 1. The van der Waals surface area contributed by atoms with Gasteiger partial charge in [-0.3, -0.25) is 4.79 Å². The second kappa shape index (κ2) is 9.84. The Morgan fingerprint density at radius 1 is 1.19 bits per heavy atom. The molecule has 1 amide bonds. The molecule has 26 heavy (non-hydrogen) atoms. The lowest BCUT2D eigenvalue weighted by molar-refractivity contribution is -0.130. The number of aryl methyl sites for hydroxylation is 2. The van der Waals surface area contributed by atoms with E-state index in [9.17, 15) is 4.79 Å². The average molecular weight is 365 g/mol. The monoisotopic (exact) mass is 364 g/mol. The fourth-order valence-corrected chi connectivity index (χ4v) is 3.47. The van der Waals surface area contributed by atoms with Crippen molar-refractivity contribution in [1.82, 2.24) is 4.90 Å². The van der Waals surface area contributed by atoms with Crippen molar-refractivity contribution in [2.45, 2.75) is 31.7 Å². The number of rotatable bonds is 8. The number of benzene rings is 2. The van der Waals surface area contributed by atoms with Crippen LogP contribution in [0.3, 0.4) is 0 Å². The van der Waals surface area contributed by atoms with Crippen LogP contribution in [0.4, 0.5) is 0 Å². The van der Waals surface area contributed by atoms with Gasteiger partial charge in [0.25, 0.3) is 0 Å². The standard InChI is InChI=1S/C22H24N2OS/c1-4-12-24(16-20-8-6-19(15-23)7-9-20)22(25)11-13-26-21-10-5-17(2)18(3)14-21/h4-10,14H,1,11-13,16H2,2-3H3. The first-order chi connectivity index (χ1) is 12.5. The number of nitrogens with zero attached hydrogens (tertiary/aromatic N) is 2. The highest BCUT2D eigenvalue weighted by Crippen LogP contribution is 2.22. The topological polar surface area (TPSA) is 44.1 Å². The summed E-state index contributed by atoms with van der Waals surface area (Å²) >= 11 is 1.71. The maximum Gasteiger partial charge on any atom is 0.223 e. The molecule has 134 valence electrons. The Balaban J connectivity index is 1.91. The van der Waals surface area contributed by atoms with E-state index in [4.69, 9.17) is 5.26 Å². The van der Waals surface area contributed by atoms with Crippen LogP contribution in [0.25, 0.3) is 0 Å². The van der Waals surface area contributed by atoms with Gasteiger partial charge >= 0.3 is 0 Å². The molecule has 0 bridgehead atoms. The van der Waals surface area contributed by atoms with E-state index in [1.54, 1.807) is 34.9 Å². The van der Waals surface area contributed by atoms with Gasteiger partial charge in [-0.2, -0.15) is 5.26 Å². The van der Waals surface area contributed by atoms with E-state index in [1.165, 1.54) is 16.0 Å². The summed E-state index contributed by atoms with van der Waals surface area (Å²) in [7, 11) is 0. The first-order valence-corrected chi connectivity index (χ1v) is 9.60. The van der Waals surface area contributed by atoms with Gasteiger partial charge in [0, 0.05) is 30.2 Å². The van der Waals surface area contributed by atoms with Gasteiger partial charge in [-0.25, -0.2) is 0 Å². The summed E-state index contributed by atoms with van der Waals surface area (Å²) < 4.78 is 0. The number of carbonyl (C=O) groups is 1. The third-order valence-electron chi connectivity index (χ3n) is 4.22. The van der Waals surface area contributed by atoms with E-state index in [2.05, 4.69) is 44.7 Å². The lowest BCUT2D eigenvalue weighted by Crippen LogP contribution is -2.30. The predicted octanol–water partition coefficient (Wildman–Crippen LogP) is 4.87. The SMILES string of the molecule is C=CCN(Cc1ccc(C#N)cc1)C(=O)CCSc1ccc(C)c(C)c1. The molecule has 2 rings (SSSR count). The third-order valence-corrected chi connectivity index (χ3v) is 5.22. The largest absolute Gasteiger partial charge is 0.335 e. The van der Waals surface area contributed by atoms with Crippen LogP contribution in [0.5, 0.6) is 0 Å². The van der Waals surface area contributed by atoms with Crippen LogP contribution in [0.1, 0.15) is 28.7 Å². The molecule has 0 spiro atoms. The van der Waals surface area contributed by atoms with Crippen molar-refractivity contribution in [1.29, 1.82) is 5.26 Å². The van der Waals surface area contributed by atoms with Crippen molar-refractivity contribution in [3.63, 3.8) is 0 Å². The van der Waals surface area contributed by atoms with Crippen LogP contribution < -0.4 is 0 Å². The zero-order chi connectivity index (χ0) is 18.9. The molecule has 2 aromatic rings. The van der Waals surface area contributed by atoms with Gasteiger partial charge in [-0.1, -0.05) is 24.3 Å². The van der Waals surface area contributed by atoms with Crippen molar-refractivity contribution >= 4 is 17.7 Å². The molecule has 0 radical (unpaired) electrons. The summed E-state index contributed by atoms with van der Waals surface area (Å²) in [5.74, 6) is 0.869. The normalized spacial score (nSPS) is 10.2. The molecule has 0 atom stereocenters. The first kappa shape index (κ1) is 19.8. The second-order valence-electron chi connectivity index (χ2n) is 6.22. The second-order valence-corrected chi connectivity index (χ2v) is 7.38. The summed E-state index contributed by atoms with van der Waals surface area (Å²) in [5.41, 5.74) is 4.20. The van der Waals surface area contributed by atoms with E-state index in [1.807, 2.05) is 12.1 Å². The Morgan fingerprint density at radius 3 is 2.54 bits per heavy atom. The Labute approximate surface area is 160 Å². The number of hydrogen-bond acceptors (Lipinski definition) is 3. The molecular weight excluding hydrogens is 340 g/mol. The van der Waals surface area contributed by atoms with E-state index < -0.39 is 0 Å². The zero-order valence-corrected chi connectivity index (χ0v) is 16.2. The average Bonchev–Trinajstić information content (AvgIpc) is 2.64. The molecule has 0 aliphatic heterocycles. The molecule has 0 fully saturated rings. The van der Waals surface area contributed by atoms with E-state index in [-0.39, 0.29) is 5.91 Å². The predicted molar refractivity (Wildman–Crippen MR) is 108 cm³/mol. The van der Waals surface area contributed by atoms with Crippen LogP contribution in [0, 0.1) is 25.2 Å². The molecule has 2 aromatic carbocycles. The molecule has 0 unspecified atom stereocenters. The molecule has 3 nitrogen and oxygen atoms in total. The molecule has 0 aliphatic rings. The van der Waals surface area contributed by atoms with Crippen molar-refractivity contribution in [3.8, 4) is 6.07 Å². The molecule has 0 heterocycles. The Hall–Kier alpha value is -2.51. The van der Waals surface area contributed by atoms with Crippen molar-refractivity contribution in [2.24, 2.45) is 0 Å². The zero-order valence-electron chi connectivity index (χ0n) is 15.4. The summed E-state index contributed by atoms with van der Waals surface area (Å²) in [6, 6.07) is 15.9. The highest BCUT2D eigenvalue weighted by atomic mass is 32.2. The van der Waals surface area contributed by atoms with Gasteiger partial charge in [-0.05, 0) is 54.8 Å². The Kier molecular flexibility index (Phi) is 7.50. The van der Waals surface area contributed by atoms with Crippen LogP contribution in [-0.2, 0) is 11.3 Å². The van der Waals surface area contributed by atoms with E-state index >= 15 is 0 Å². The highest BCUT2D eigenvalue weighted by Gasteiger charge is 2.13. The fourth-order valence-electron chi connectivity index (χ4n) is 2.53. The fraction of sp³-hybridized carbons (Fsp3) is 0.273. The van der Waals surface area contributed by atoms with Crippen LogP contribution in [-0.4, -0.2) is 23.1 Å². The smallest absolute Gasteiger partial charge is 0.223 e. The number of nitriles is 1. The molecule has 4 heteroatoms. The number of carbonyl (C=O) groups excluding carboxylic acids is 1. The van der Waals surface area contributed by atoms with Gasteiger partial charge in [-0.15, -0.1) is 18.3 Å². The lowest BCUT2D eigenvalue weighted by Gasteiger charge is -2.21. The minimum absolute atomic E-state index is 0.116. The Bertz CT molecular complexity index is 806. The van der Waals surface area contributed by atoms with E-state index in [0.29, 0.717) is 25.1 Å². The molecule has 0 saturated carbocycles. The van der Waals surface area contributed by atoms with Crippen LogP contribution in [0.15, 0.2) is 60.0 Å². The first-order valence-electron chi connectivity index (χ1n) is 8.61. The maximum absolute atomic E-state index is 12.6. The maximum atomic E-state index is 12.6. The minimum Gasteiger partial charge on any atom is -0.335 e. The van der Waals surface area contributed by atoms with Crippen molar-refractivity contribution < 1.29 is 4.79 Å². The van der Waals surface area contributed by atoms with E-state index in [0.717, 1.165) is 11.3 Å². The van der Waals surface area contributed by atoms with Gasteiger partial charge in [0.1, 0.15) is 0 Å². The molecule has 0 saturated heterocycles. The lowest BCUT2D eigenvalue weighted by atomic mass is 10.1. The summed E-state index contributed by atoms with van der Waals surface area (Å²) in [4.78, 5) is 15.6. The quantitative estimate of drug-likeness (QED) is 0.496. The summed E-state index contributed by atoms with van der Waals surface area (Å²) in [6.07, 6.45) is 2.24. The van der Waals surface area contributed by atoms with Crippen molar-refractivity contribution in [3.05, 3.63) is 77.4 Å². The minimum atomic E-state index is 0.116. The molecule has 0 N–H and O–H groups in total. The number of hydrogen-bond donors (Lipinski definition) is 0. The van der Waals surface area contributed by atoms with Gasteiger partial charge in [0.15, 0.2) is 0 Å². The van der Waals surface area contributed by atoms with Crippen molar-refractivity contribution in [2.75, 3.05) is 12.3 Å². The van der Waals surface area contributed by atoms with Gasteiger partial charge in [0.2, 0.25) is 5.91 Å². The third kappa shape index (κ3) is 5.79. The highest BCUT2D eigenvalue weighted by molar-refractivity contribution is 7.99. The Morgan fingerprint density at radius 2 is 1.92 bits per heavy atom. The van der Waals surface area contributed by atoms with Gasteiger partial charge in [0.05, 0.1) is 11.6 Å². The number of thioether (sulfide) groups is 1. The molecular formula is C22H24N2OS.